The summed E-state index contributed by atoms with van der Waals surface area (Å²) in [6.07, 6.45) is 5.09. The van der Waals surface area contributed by atoms with Gasteiger partial charge in [0, 0.05) is 37.1 Å². The standard InChI is InChI=1S/C18H24N6O2S/c1-2-12-27-22-14-6-5-11-23(13-14)17-9-10-19-18(21-17)20-15-7-3-4-8-16(15)24(25)26/h3-4,7-10,14,22H,2,5-6,11-13H2,1H3,(H,19,20,21). The maximum absolute atomic E-state index is 11.2. The zero-order valence-electron chi connectivity index (χ0n) is 15.3. The Kier molecular flexibility index (Phi) is 6.83. The minimum atomic E-state index is -0.416. The van der Waals surface area contributed by atoms with Crippen LogP contribution < -0.4 is 14.9 Å². The maximum atomic E-state index is 11.2. The van der Waals surface area contributed by atoms with Gasteiger partial charge < -0.3 is 10.2 Å². The average molecular weight is 388 g/mol. The number of para-hydroxylation sites is 2. The molecule has 2 heterocycles. The highest BCUT2D eigenvalue weighted by atomic mass is 32.2. The van der Waals surface area contributed by atoms with Gasteiger partial charge in [0.25, 0.3) is 5.69 Å². The Balaban J connectivity index is 1.69. The number of anilines is 3. The second-order valence-electron chi connectivity index (χ2n) is 6.39. The van der Waals surface area contributed by atoms with E-state index in [0.717, 1.165) is 43.9 Å². The molecule has 2 N–H and O–H groups in total. The molecule has 2 aromatic rings. The van der Waals surface area contributed by atoms with Crippen molar-refractivity contribution in [2.45, 2.75) is 32.2 Å². The lowest BCUT2D eigenvalue weighted by Gasteiger charge is -2.33. The number of piperidine rings is 1. The molecule has 1 aromatic heterocycles. The Bertz CT molecular complexity index is 775. The number of hydrogen-bond donors (Lipinski definition) is 2. The highest BCUT2D eigenvalue weighted by molar-refractivity contribution is 7.97. The van der Waals surface area contributed by atoms with E-state index in [2.05, 4.69) is 31.8 Å². The average Bonchev–Trinajstić information content (AvgIpc) is 2.69. The first-order chi connectivity index (χ1) is 13.2. The Morgan fingerprint density at radius 1 is 1.37 bits per heavy atom. The first-order valence-corrected chi connectivity index (χ1v) is 10.1. The fraction of sp³-hybridized carbons (Fsp3) is 0.444. The fourth-order valence-electron chi connectivity index (χ4n) is 3.00. The molecule has 1 atom stereocenters. The summed E-state index contributed by atoms with van der Waals surface area (Å²) in [7, 11) is 0. The zero-order valence-corrected chi connectivity index (χ0v) is 16.1. The highest BCUT2D eigenvalue weighted by Gasteiger charge is 2.21. The molecule has 1 aromatic carbocycles. The number of nitro groups is 1. The van der Waals surface area contributed by atoms with E-state index >= 15 is 0 Å². The molecule has 27 heavy (non-hydrogen) atoms. The second-order valence-corrected chi connectivity index (χ2v) is 7.32. The normalized spacial score (nSPS) is 16.9. The predicted octanol–water partition coefficient (Wildman–Crippen LogP) is 3.75. The van der Waals surface area contributed by atoms with Gasteiger partial charge in [-0.05, 0) is 31.4 Å². The number of aromatic nitrogens is 2. The van der Waals surface area contributed by atoms with Gasteiger partial charge in [-0.25, -0.2) is 4.98 Å². The van der Waals surface area contributed by atoms with Crippen LogP contribution in [0.4, 0.5) is 23.1 Å². The van der Waals surface area contributed by atoms with Crippen LogP contribution in [0.1, 0.15) is 26.2 Å². The van der Waals surface area contributed by atoms with Crippen LogP contribution in [-0.2, 0) is 0 Å². The third-order valence-electron chi connectivity index (χ3n) is 4.29. The molecule has 0 aliphatic carbocycles. The molecule has 1 aliphatic rings. The van der Waals surface area contributed by atoms with Crippen LogP contribution in [0, 0.1) is 10.1 Å². The number of nitro benzene ring substituents is 1. The minimum absolute atomic E-state index is 0.00156. The Morgan fingerprint density at radius 3 is 3.04 bits per heavy atom. The molecule has 3 rings (SSSR count). The van der Waals surface area contributed by atoms with E-state index < -0.39 is 4.92 Å². The van der Waals surface area contributed by atoms with Crippen LogP contribution in [-0.4, -0.2) is 39.8 Å². The van der Waals surface area contributed by atoms with Gasteiger partial charge >= 0.3 is 0 Å². The Hall–Kier alpha value is -2.39. The fourth-order valence-corrected chi connectivity index (χ4v) is 3.75. The van der Waals surface area contributed by atoms with Crippen LogP contribution in [0.3, 0.4) is 0 Å². The van der Waals surface area contributed by atoms with E-state index in [-0.39, 0.29) is 5.69 Å². The summed E-state index contributed by atoms with van der Waals surface area (Å²) in [5, 5.41) is 14.2. The summed E-state index contributed by atoms with van der Waals surface area (Å²) >= 11 is 1.78. The third-order valence-corrected chi connectivity index (χ3v) is 5.40. The molecule has 1 fully saturated rings. The van der Waals surface area contributed by atoms with Crippen LogP contribution in [0.25, 0.3) is 0 Å². The topological polar surface area (TPSA) is 96.2 Å². The Morgan fingerprint density at radius 2 is 2.22 bits per heavy atom. The van der Waals surface area contributed by atoms with Gasteiger partial charge in [-0.3, -0.25) is 14.8 Å². The molecular weight excluding hydrogens is 364 g/mol. The summed E-state index contributed by atoms with van der Waals surface area (Å²) in [6.45, 7) is 4.01. The van der Waals surface area contributed by atoms with E-state index in [1.165, 1.54) is 6.07 Å². The molecule has 8 nitrogen and oxygen atoms in total. The largest absolute Gasteiger partial charge is 0.355 e. The molecule has 0 amide bonds. The van der Waals surface area contributed by atoms with Crippen molar-refractivity contribution in [3.63, 3.8) is 0 Å². The first-order valence-electron chi connectivity index (χ1n) is 9.13. The molecular formula is C18H24N6O2S. The quantitative estimate of drug-likeness (QED) is 0.305. The van der Waals surface area contributed by atoms with E-state index in [0.29, 0.717) is 17.7 Å². The van der Waals surface area contributed by atoms with E-state index in [4.69, 9.17) is 0 Å². The van der Waals surface area contributed by atoms with Gasteiger partial charge in [0.1, 0.15) is 11.5 Å². The van der Waals surface area contributed by atoms with Crippen molar-refractivity contribution in [3.05, 3.63) is 46.6 Å². The van der Waals surface area contributed by atoms with Crippen molar-refractivity contribution in [1.82, 2.24) is 14.7 Å². The molecule has 1 saturated heterocycles. The molecule has 0 spiro atoms. The number of rotatable bonds is 8. The smallest absolute Gasteiger partial charge is 0.292 e. The van der Waals surface area contributed by atoms with Crippen molar-refractivity contribution in [1.29, 1.82) is 0 Å². The van der Waals surface area contributed by atoms with Crippen LogP contribution in [0.2, 0.25) is 0 Å². The summed E-state index contributed by atoms with van der Waals surface area (Å²) < 4.78 is 3.54. The van der Waals surface area contributed by atoms with E-state index in [9.17, 15) is 10.1 Å². The van der Waals surface area contributed by atoms with Gasteiger partial charge in [-0.2, -0.15) is 4.98 Å². The molecule has 0 bridgehead atoms. The minimum Gasteiger partial charge on any atom is -0.355 e. The third kappa shape index (κ3) is 5.30. The lowest BCUT2D eigenvalue weighted by molar-refractivity contribution is -0.383. The molecule has 1 aliphatic heterocycles. The van der Waals surface area contributed by atoms with Gasteiger partial charge in [0.05, 0.1) is 4.92 Å². The van der Waals surface area contributed by atoms with E-state index in [1.807, 2.05) is 6.07 Å². The van der Waals surface area contributed by atoms with Crippen LogP contribution in [0.5, 0.6) is 0 Å². The van der Waals surface area contributed by atoms with Crippen molar-refractivity contribution >= 4 is 35.1 Å². The van der Waals surface area contributed by atoms with Crippen molar-refractivity contribution in [2.75, 3.05) is 29.1 Å². The van der Waals surface area contributed by atoms with Crippen molar-refractivity contribution < 1.29 is 4.92 Å². The Labute approximate surface area is 163 Å². The number of nitrogens with zero attached hydrogens (tertiary/aromatic N) is 4. The van der Waals surface area contributed by atoms with Gasteiger partial charge in [0.15, 0.2) is 0 Å². The van der Waals surface area contributed by atoms with Crippen molar-refractivity contribution in [2.24, 2.45) is 0 Å². The molecule has 0 saturated carbocycles. The number of benzene rings is 1. The molecule has 1 unspecified atom stereocenters. The monoisotopic (exact) mass is 388 g/mol. The van der Waals surface area contributed by atoms with Crippen LogP contribution in [0.15, 0.2) is 36.5 Å². The summed E-state index contributed by atoms with van der Waals surface area (Å²) in [5.74, 6) is 2.30. The SMILES string of the molecule is CCCSNC1CCCN(c2ccnc(Nc3ccccc3[N+](=O)[O-])n2)C1. The molecule has 0 radical (unpaired) electrons. The summed E-state index contributed by atoms with van der Waals surface area (Å²) in [5.41, 5.74) is 0.385. The van der Waals surface area contributed by atoms with Crippen molar-refractivity contribution in [3.8, 4) is 0 Å². The zero-order chi connectivity index (χ0) is 19.1. The first kappa shape index (κ1) is 19.4. The maximum Gasteiger partial charge on any atom is 0.292 e. The lowest BCUT2D eigenvalue weighted by atomic mass is 10.1. The summed E-state index contributed by atoms with van der Waals surface area (Å²) in [4.78, 5) is 21.8. The number of nitrogens with one attached hydrogen (secondary N) is 2. The van der Waals surface area contributed by atoms with Gasteiger partial charge in [-0.15, -0.1) is 0 Å². The van der Waals surface area contributed by atoms with Crippen LogP contribution >= 0.6 is 11.9 Å². The second kappa shape index (κ2) is 9.52. The number of hydrogen-bond acceptors (Lipinski definition) is 8. The van der Waals surface area contributed by atoms with E-state index in [1.54, 1.807) is 36.3 Å². The predicted molar refractivity (Wildman–Crippen MR) is 110 cm³/mol. The van der Waals surface area contributed by atoms with Gasteiger partial charge in [0.2, 0.25) is 5.95 Å². The summed E-state index contributed by atoms with van der Waals surface area (Å²) in [6, 6.07) is 8.80. The lowest BCUT2D eigenvalue weighted by Crippen LogP contribution is -2.44. The highest BCUT2D eigenvalue weighted by Crippen LogP contribution is 2.26. The molecule has 9 heteroatoms. The molecule has 144 valence electrons. The van der Waals surface area contributed by atoms with Gasteiger partial charge in [-0.1, -0.05) is 31.0 Å².